The molecule has 0 fully saturated rings. The zero-order chi connectivity index (χ0) is 14.7. The quantitative estimate of drug-likeness (QED) is 0.440. The highest BCUT2D eigenvalue weighted by Gasteiger charge is 2.16. The van der Waals surface area contributed by atoms with Crippen LogP contribution in [0.4, 0.5) is 0 Å². The maximum Gasteiger partial charge on any atom is 0.322 e. The molecule has 0 rings (SSSR count). The maximum atomic E-state index is 11.7. The van der Waals surface area contributed by atoms with Crippen LogP contribution in [0.15, 0.2) is 0 Å². The summed E-state index contributed by atoms with van der Waals surface area (Å²) in [5.41, 5.74) is 5.60. The highest BCUT2D eigenvalue weighted by molar-refractivity contribution is 8.00. The summed E-state index contributed by atoms with van der Waals surface area (Å²) < 4.78 is 9.42. The number of ether oxygens (including phenoxy) is 2. The van der Waals surface area contributed by atoms with Gasteiger partial charge in [0.1, 0.15) is 6.04 Å². The van der Waals surface area contributed by atoms with Crippen molar-refractivity contribution in [3.8, 4) is 0 Å². The first-order valence-corrected chi connectivity index (χ1v) is 7.29. The SMILES string of the molecule is COCCCNC(=O)C(C)SCCC(N)C(=O)OC. The molecule has 19 heavy (non-hydrogen) atoms. The fraction of sp³-hybridized carbons (Fsp3) is 0.833. The molecule has 2 unspecified atom stereocenters. The first kappa shape index (κ1) is 18.2. The first-order valence-electron chi connectivity index (χ1n) is 6.24. The van der Waals surface area contributed by atoms with Gasteiger partial charge in [0.25, 0.3) is 0 Å². The molecule has 0 aromatic carbocycles. The molecule has 0 bridgehead atoms. The zero-order valence-corrected chi connectivity index (χ0v) is 12.6. The van der Waals surface area contributed by atoms with Gasteiger partial charge in [0.2, 0.25) is 5.91 Å². The Kier molecular flexibility index (Phi) is 10.6. The van der Waals surface area contributed by atoms with Gasteiger partial charge in [-0.05, 0) is 25.5 Å². The van der Waals surface area contributed by atoms with Crippen LogP contribution in [0.1, 0.15) is 19.8 Å². The summed E-state index contributed by atoms with van der Waals surface area (Å²) in [6.07, 6.45) is 1.30. The van der Waals surface area contributed by atoms with E-state index >= 15 is 0 Å². The Labute approximate surface area is 118 Å². The average Bonchev–Trinajstić information content (AvgIpc) is 2.41. The van der Waals surface area contributed by atoms with Crippen LogP contribution in [0, 0.1) is 0 Å². The van der Waals surface area contributed by atoms with Gasteiger partial charge in [-0.15, -0.1) is 11.8 Å². The monoisotopic (exact) mass is 292 g/mol. The fourth-order valence-electron chi connectivity index (χ4n) is 1.29. The number of carbonyl (C=O) groups is 2. The number of esters is 1. The molecule has 0 aromatic rings. The maximum absolute atomic E-state index is 11.7. The second kappa shape index (κ2) is 11.1. The highest BCUT2D eigenvalue weighted by atomic mass is 32.2. The number of nitrogens with two attached hydrogens (primary N) is 1. The van der Waals surface area contributed by atoms with Crippen molar-refractivity contribution < 1.29 is 19.1 Å². The molecule has 0 aliphatic heterocycles. The third-order valence-electron chi connectivity index (χ3n) is 2.49. The summed E-state index contributed by atoms with van der Waals surface area (Å²) in [6.45, 7) is 3.08. The predicted molar refractivity (Wildman–Crippen MR) is 76.0 cm³/mol. The van der Waals surface area contributed by atoms with Gasteiger partial charge in [-0.25, -0.2) is 0 Å². The van der Waals surface area contributed by atoms with E-state index in [1.165, 1.54) is 18.9 Å². The van der Waals surface area contributed by atoms with Gasteiger partial charge in [0.05, 0.1) is 12.4 Å². The first-order chi connectivity index (χ1) is 9.02. The summed E-state index contributed by atoms with van der Waals surface area (Å²) in [4.78, 5) is 22.8. The number of methoxy groups -OCH3 is 2. The molecule has 0 aliphatic carbocycles. The number of amides is 1. The van der Waals surface area contributed by atoms with Crippen LogP contribution >= 0.6 is 11.8 Å². The molecule has 7 heteroatoms. The van der Waals surface area contributed by atoms with Crippen LogP contribution in [0.25, 0.3) is 0 Å². The van der Waals surface area contributed by atoms with Gasteiger partial charge in [-0.1, -0.05) is 0 Å². The minimum Gasteiger partial charge on any atom is -0.468 e. The van der Waals surface area contributed by atoms with Crippen molar-refractivity contribution >= 4 is 23.6 Å². The van der Waals surface area contributed by atoms with E-state index in [-0.39, 0.29) is 11.2 Å². The lowest BCUT2D eigenvalue weighted by atomic mass is 10.2. The highest BCUT2D eigenvalue weighted by Crippen LogP contribution is 2.12. The Morgan fingerprint density at radius 3 is 2.63 bits per heavy atom. The molecular formula is C12H24N2O4S. The number of carbonyl (C=O) groups excluding carboxylic acids is 2. The zero-order valence-electron chi connectivity index (χ0n) is 11.8. The van der Waals surface area contributed by atoms with Gasteiger partial charge in [-0.2, -0.15) is 0 Å². The van der Waals surface area contributed by atoms with Crippen molar-refractivity contribution in [3.63, 3.8) is 0 Å². The van der Waals surface area contributed by atoms with Gasteiger partial charge >= 0.3 is 5.97 Å². The third-order valence-corrected chi connectivity index (χ3v) is 3.68. The molecule has 6 nitrogen and oxygen atoms in total. The van der Waals surface area contributed by atoms with E-state index in [2.05, 4.69) is 10.1 Å². The molecule has 0 radical (unpaired) electrons. The number of hydrogen-bond acceptors (Lipinski definition) is 6. The van der Waals surface area contributed by atoms with E-state index in [9.17, 15) is 9.59 Å². The van der Waals surface area contributed by atoms with Crippen LogP contribution in [-0.2, 0) is 19.1 Å². The van der Waals surface area contributed by atoms with E-state index < -0.39 is 12.0 Å². The van der Waals surface area contributed by atoms with Crippen LogP contribution in [-0.4, -0.2) is 56.3 Å². The number of thioether (sulfide) groups is 1. The molecule has 0 aliphatic rings. The lowest BCUT2D eigenvalue weighted by Gasteiger charge is -2.13. The molecule has 0 aromatic heterocycles. The number of hydrogen-bond donors (Lipinski definition) is 2. The predicted octanol–water partition coefficient (Wildman–Crippen LogP) is 0.151. The van der Waals surface area contributed by atoms with Gasteiger partial charge in [0.15, 0.2) is 0 Å². The molecule has 0 heterocycles. The lowest BCUT2D eigenvalue weighted by molar-refractivity contribution is -0.142. The second-order valence-corrected chi connectivity index (χ2v) is 5.52. The van der Waals surface area contributed by atoms with Crippen molar-refractivity contribution in [2.75, 3.05) is 33.1 Å². The van der Waals surface area contributed by atoms with E-state index in [0.717, 1.165) is 6.42 Å². The normalized spacial score (nSPS) is 13.7. The molecule has 0 saturated carbocycles. The molecule has 2 atom stereocenters. The van der Waals surface area contributed by atoms with Crippen LogP contribution in [0.2, 0.25) is 0 Å². The molecule has 0 saturated heterocycles. The third kappa shape index (κ3) is 8.85. The molecule has 0 spiro atoms. The Hall–Kier alpha value is -0.790. The van der Waals surface area contributed by atoms with Gasteiger partial charge < -0.3 is 20.5 Å². The topological polar surface area (TPSA) is 90.6 Å². The minimum absolute atomic E-state index is 0.00672. The molecular weight excluding hydrogens is 268 g/mol. The summed E-state index contributed by atoms with van der Waals surface area (Å²) in [5.74, 6) is 0.216. The Morgan fingerprint density at radius 1 is 1.37 bits per heavy atom. The van der Waals surface area contributed by atoms with E-state index in [0.29, 0.717) is 25.3 Å². The second-order valence-electron chi connectivity index (χ2n) is 4.07. The van der Waals surface area contributed by atoms with Crippen molar-refractivity contribution in [1.29, 1.82) is 0 Å². The number of nitrogens with one attached hydrogen (secondary N) is 1. The fourth-order valence-corrected chi connectivity index (χ4v) is 2.27. The van der Waals surface area contributed by atoms with E-state index in [1.807, 2.05) is 6.92 Å². The summed E-state index contributed by atoms with van der Waals surface area (Å²) in [5, 5.41) is 2.67. The molecule has 1 amide bonds. The van der Waals surface area contributed by atoms with Crippen molar-refractivity contribution in [3.05, 3.63) is 0 Å². The van der Waals surface area contributed by atoms with Gasteiger partial charge in [0, 0.05) is 20.3 Å². The van der Waals surface area contributed by atoms with E-state index in [1.54, 1.807) is 7.11 Å². The van der Waals surface area contributed by atoms with Crippen LogP contribution in [0.3, 0.4) is 0 Å². The largest absolute Gasteiger partial charge is 0.468 e. The van der Waals surface area contributed by atoms with Crippen LogP contribution < -0.4 is 11.1 Å². The van der Waals surface area contributed by atoms with Crippen molar-refractivity contribution in [2.45, 2.75) is 31.1 Å². The van der Waals surface area contributed by atoms with Gasteiger partial charge in [-0.3, -0.25) is 9.59 Å². The Bertz CT molecular complexity index is 276. The average molecular weight is 292 g/mol. The Morgan fingerprint density at radius 2 is 2.05 bits per heavy atom. The molecule has 3 N–H and O–H groups in total. The standard InChI is InChI=1S/C12H24N2O4S/c1-9(11(15)14-6-4-7-17-2)19-8-5-10(13)12(16)18-3/h9-10H,4-8,13H2,1-3H3,(H,14,15). The smallest absolute Gasteiger partial charge is 0.322 e. The van der Waals surface area contributed by atoms with E-state index in [4.69, 9.17) is 10.5 Å². The summed E-state index contributed by atoms with van der Waals surface area (Å²) in [6, 6.07) is -0.616. The minimum atomic E-state index is -0.616. The summed E-state index contributed by atoms with van der Waals surface area (Å²) >= 11 is 1.47. The Balaban J connectivity index is 3.70. The van der Waals surface area contributed by atoms with Crippen molar-refractivity contribution in [2.24, 2.45) is 5.73 Å². The van der Waals surface area contributed by atoms with Crippen LogP contribution in [0.5, 0.6) is 0 Å². The number of rotatable bonds is 10. The van der Waals surface area contributed by atoms with Crippen molar-refractivity contribution in [1.82, 2.24) is 5.32 Å². The molecule has 112 valence electrons. The summed E-state index contributed by atoms with van der Waals surface area (Å²) in [7, 11) is 2.94. The lowest BCUT2D eigenvalue weighted by Crippen LogP contribution is -2.34.